The van der Waals surface area contributed by atoms with Crippen LogP contribution in [-0.2, 0) is 23.7 Å². The monoisotopic (exact) mass is 667 g/mol. The number of ether oxygens (including phenoxy) is 6. The van der Waals surface area contributed by atoms with Crippen molar-refractivity contribution in [3.05, 3.63) is 98.9 Å². The zero-order chi connectivity index (χ0) is 33.8. The Kier molecular flexibility index (Phi) is 12.9. The van der Waals surface area contributed by atoms with Crippen LogP contribution in [0.3, 0.4) is 0 Å². The molecular formula is C34H34FNO10S. The van der Waals surface area contributed by atoms with Crippen LogP contribution in [0.15, 0.2) is 71.1 Å². The van der Waals surface area contributed by atoms with Crippen molar-refractivity contribution < 1.29 is 47.3 Å². The topological polar surface area (TPSA) is 133 Å². The maximum atomic E-state index is 15.2. The molecule has 13 heteroatoms. The Bertz CT molecular complexity index is 1640. The molecule has 0 heterocycles. The molecule has 1 aliphatic rings. The molecule has 4 rings (SSSR count). The number of rotatable bonds is 16. The minimum absolute atomic E-state index is 0.0400. The lowest BCUT2D eigenvalue weighted by atomic mass is 10.00. The summed E-state index contributed by atoms with van der Waals surface area (Å²) in [6, 6.07) is 16.1. The van der Waals surface area contributed by atoms with E-state index in [0.717, 1.165) is 27.2 Å². The van der Waals surface area contributed by atoms with Crippen molar-refractivity contribution in [2.24, 2.45) is 0 Å². The molecule has 0 aliphatic heterocycles. The minimum Gasteiger partial charge on any atom is -0.488 e. The molecule has 0 saturated carbocycles. The van der Waals surface area contributed by atoms with Crippen molar-refractivity contribution in [2.75, 3.05) is 53.0 Å². The van der Waals surface area contributed by atoms with Gasteiger partial charge in [-0.25, -0.2) is 9.18 Å². The van der Waals surface area contributed by atoms with Gasteiger partial charge in [-0.3, -0.25) is 14.9 Å². The molecule has 0 bridgehead atoms. The first-order chi connectivity index (χ1) is 22.7. The molecule has 0 radical (unpaired) electrons. The van der Waals surface area contributed by atoms with Crippen LogP contribution >= 0.6 is 11.8 Å². The lowest BCUT2D eigenvalue weighted by molar-refractivity contribution is -0.384. The summed E-state index contributed by atoms with van der Waals surface area (Å²) in [6.45, 7) is 2.61. The van der Waals surface area contributed by atoms with Gasteiger partial charge in [0, 0.05) is 17.0 Å². The number of benzene rings is 3. The van der Waals surface area contributed by atoms with Gasteiger partial charge in [-0.2, -0.15) is 0 Å². The number of hydrogen-bond donors (Lipinski definition) is 0. The molecular weight excluding hydrogens is 633 g/mol. The summed E-state index contributed by atoms with van der Waals surface area (Å²) in [6.07, 6.45) is 3.06. The molecule has 0 aromatic heterocycles. The van der Waals surface area contributed by atoms with Crippen molar-refractivity contribution >= 4 is 46.8 Å². The van der Waals surface area contributed by atoms with Crippen molar-refractivity contribution in [2.45, 2.75) is 18.2 Å². The summed E-state index contributed by atoms with van der Waals surface area (Å²) in [5.74, 6) is -0.774. The summed E-state index contributed by atoms with van der Waals surface area (Å²) in [5.41, 5.74) is 4.67. The molecule has 0 atom stereocenters. The van der Waals surface area contributed by atoms with Crippen LogP contribution in [0.5, 0.6) is 11.5 Å². The van der Waals surface area contributed by atoms with E-state index in [1.165, 1.54) is 37.4 Å². The van der Waals surface area contributed by atoms with Gasteiger partial charge < -0.3 is 28.4 Å². The summed E-state index contributed by atoms with van der Waals surface area (Å²) in [5, 5.41) is 10.7. The molecule has 0 saturated heterocycles. The maximum absolute atomic E-state index is 15.2. The second kappa shape index (κ2) is 17.3. The Balaban J connectivity index is 1.22. The normalized spacial score (nSPS) is 13.0. The highest BCUT2D eigenvalue weighted by molar-refractivity contribution is 7.98. The van der Waals surface area contributed by atoms with Crippen molar-refractivity contribution in [3.63, 3.8) is 0 Å². The lowest BCUT2D eigenvalue weighted by Crippen LogP contribution is -2.16. The minimum atomic E-state index is -0.967. The van der Waals surface area contributed by atoms with Gasteiger partial charge in [0.1, 0.15) is 19.0 Å². The third-order valence-electron chi connectivity index (χ3n) is 7.07. The molecule has 11 nitrogen and oxygen atoms in total. The van der Waals surface area contributed by atoms with Crippen molar-refractivity contribution in [1.29, 1.82) is 0 Å². The highest BCUT2D eigenvalue weighted by Crippen LogP contribution is 2.45. The van der Waals surface area contributed by atoms with Crippen LogP contribution in [0.2, 0.25) is 0 Å². The molecule has 0 fully saturated rings. The van der Waals surface area contributed by atoms with Gasteiger partial charge in [-0.15, -0.1) is 11.8 Å². The van der Waals surface area contributed by atoms with E-state index in [4.69, 9.17) is 28.4 Å². The van der Waals surface area contributed by atoms with Crippen molar-refractivity contribution in [1.82, 2.24) is 0 Å². The standard InChI is InChI=1S/C34H34FNO10S/c1-22-27(18-23-4-10-26(47-3)11-5-23)29-19-31(35)32(20-30(29)28(22)21-33(37)41-2)44-16-14-42-12-13-43-15-17-45-34(38)46-25-8-6-24(7-9-25)36(39)40/h4-11,18-20H,12-17,21H2,1-3H3. The van der Waals surface area contributed by atoms with E-state index in [9.17, 15) is 19.7 Å². The number of fused-ring (bicyclic) bond motifs is 1. The van der Waals surface area contributed by atoms with Gasteiger partial charge in [0.25, 0.3) is 5.69 Å². The largest absolute Gasteiger partial charge is 0.513 e. The quantitative estimate of drug-likeness (QED) is 0.0392. The molecule has 248 valence electrons. The number of thioether (sulfide) groups is 1. The van der Waals surface area contributed by atoms with E-state index in [2.05, 4.69) is 0 Å². The zero-order valence-electron chi connectivity index (χ0n) is 26.1. The highest BCUT2D eigenvalue weighted by Gasteiger charge is 2.28. The predicted molar refractivity (Wildman–Crippen MR) is 174 cm³/mol. The Morgan fingerprint density at radius 1 is 0.915 bits per heavy atom. The Morgan fingerprint density at radius 2 is 1.57 bits per heavy atom. The smallest absolute Gasteiger partial charge is 0.488 e. The molecule has 0 N–H and O–H groups in total. The number of non-ortho nitro benzene ring substituents is 1. The van der Waals surface area contributed by atoms with Gasteiger partial charge in [-0.05, 0) is 89.1 Å². The summed E-state index contributed by atoms with van der Waals surface area (Å²) < 4.78 is 46.5. The van der Waals surface area contributed by atoms with Gasteiger partial charge in [0.2, 0.25) is 0 Å². The number of nitrogens with zero attached hydrogens (tertiary/aromatic N) is 1. The first-order valence-electron chi connectivity index (χ1n) is 14.5. The fourth-order valence-corrected chi connectivity index (χ4v) is 5.09. The van der Waals surface area contributed by atoms with Gasteiger partial charge >= 0.3 is 12.1 Å². The summed E-state index contributed by atoms with van der Waals surface area (Å²) >= 11 is 1.65. The number of carbonyl (C=O) groups is 2. The van der Waals surface area contributed by atoms with Crippen LogP contribution in [0.1, 0.15) is 30.0 Å². The number of allylic oxidation sites excluding steroid dienone is 2. The number of carbonyl (C=O) groups excluding carboxylic acids is 2. The lowest BCUT2D eigenvalue weighted by Gasteiger charge is -2.12. The Hall–Kier alpha value is -4.72. The van der Waals surface area contributed by atoms with Crippen LogP contribution in [0.4, 0.5) is 14.9 Å². The highest BCUT2D eigenvalue weighted by atomic mass is 32.2. The molecule has 0 amide bonds. The van der Waals surface area contributed by atoms with Crippen molar-refractivity contribution in [3.8, 4) is 11.5 Å². The fourth-order valence-electron chi connectivity index (χ4n) is 4.68. The van der Waals surface area contributed by atoms with E-state index < -0.39 is 22.9 Å². The Labute approximate surface area is 275 Å². The number of nitro benzene ring substituents is 1. The molecule has 3 aromatic rings. The number of esters is 1. The van der Waals surface area contributed by atoms with Gasteiger partial charge in [0.05, 0.1) is 44.9 Å². The molecule has 0 spiro atoms. The fraction of sp³-hybridized carbons (Fsp3) is 0.294. The molecule has 0 unspecified atom stereocenters. The number of halogens is 1. The third-order valence-corrected chi connectivity index (χ3v) is 7.82. The van der Waals surface area contributed by atoms with E-state index in [1.807, 2.05) is 43.5 Å². The molecule has 1 aliphatic carbocycles. The molecule has 47 heavy (non-hydrogen) atoms. The summed E-state index contributed by atoms with van der Waals surface area (Å²) in [4.78, 5) is 35.2. The van der Waals surface area contributed by atoms with Gasteiger partial charge in [-0.1, -0.05) is 12.1 Å². The maximum Gasteiger partial charge on any atom is 0.513 e. The van der Waals surface area contributed by atoms with E-state index >= 15 is 4.39 Å². The van der Waals surface area contributed by atoms with E-state index in [0.29, 0.717) is 11.1 Å². The van der Waals surface area contributed by atoms with E-state index in [-0.39, 0.29) is 63.2 Å². The average Bonchev–Trinajstić information content (AvgIpc) is 3.30. The number of methoxy groups -OCH3 is 1. The SMILES string of the molecule is COC(=O)CC1=C(C)C(=Cc2ccc(SC)cc2)c2cc(F)c(OCCOCCOCCOC(=O)Oc3ccc([N+](=O)[O-])cc3)cc21. The number of hydrogen-bond acceptors (Lipinski definition) is 11. The third kappa shape index (κ3) is 9.88. The first kappa shape index (κ1) is 35.1. The number of nitro groups is 1. The van der Waals surface area contributed by atoms with Crippen LogP contribution in [0.25, 0.3) is 17.2 Å². The zero-order valence-corrected chi connectivity index (χ0v) is 26.9. The van der Waals surface area contributed by atoms with Crippen LogP contribution in [0, 0.1) is 15.9 Å². The van der Waals surface area contributed by atoms with Gasteiger partial charge in [0.15, 0.2) is 11.6 Å². The average molecular weight is 668 g/mol. The van der Waals surface area contributed by atoms with E-state index in [1.54, 1.807) is 17.8 Å². The van der Waals surface area contributed by atoms with Crippen LogP contribution < -0.4 is 9.47 Å². The molecule has 3 aromatic carbocycles. The Morgan fingerprint density at radius 3 is 2.21 bits per heavy atom. The second-order valence-corrected chi connectivity index (χ2v) is 10.9. The predicted octanol–water partition coefficient (Wildman–Crippen LogP) is 6.97. The second-order valence-electron chi connectivity index (χ2n) is 10.0. The van der Waals surface area contributed by atoms with Crippen LogP contribution in [-0.4, -0.2) is 70.1 Å². The summed E-state index contributed by atoms with van der Waals surface area (Å²) in [7, 11) is 1.33. The first-order valence-corrected chi connectivity index (χ1v) is 15.8.